The molecule has 1 atom stereocenters. The maximum absolute atomic E-state index is 12.5. The predicted molar refractivity (Wildman–Crippen MR) is 110 cm³/mol. The summed E-state index contributed by atoms with van der Waals surface area (Å²) in [5, 5.41) is 5.08. The molecule has 27 heavy (non-hydrogen) atoms. The van der Waals surface area contributed by atoms with Crippen LogP contribution < -0.4 is 5.32 Å². The van der Waals surface area contributed by atoms with E-state index in [1.807, 2.05) is 13.8 Å². The van der Waals surface area contributed by atoms with Crippen LogP contribution in [0.2, 0.25) is 0 Å². The zero-order valence-electron chi connectivity index (χ0n) is 16.2. The monoisotopic (exact) mass is 385 g/mol. The van der Waals surface area contributed by atoms with E-state index in [4.69, 9.17) is 0 Å². The summed E-state index contributed by atoms with van der Waals surface area (Å²) in [5.41, 5.74) is 2.71. The van der Waals surface area contributed by atoms with Gasteiger partial charge < -0.3 is 10.2 Å². The van der Waals surface area contributed by atoms with Gasteiger partial charge in [0.15, 0.2) is 0 Å². The quantitative estimate of drug-likeness (QED) is 0.823. The highest BCUT2D eigenvalue weighted by molar-refractivity contribution is 7.10. The highest BCUT2D eigenvalue weighted by Crippen LogP contribution is 2.32. The van der Waals surface area contributed by atoms with E-state index in [-0.39, 0.29) is 17.9 Å². The van der Waals surface area contributed by atoms with Crippen LogP contribution in [0.5, 0.6) is 0 Å². The summed E-state index contributed by atoms with van der Waals surface area (Å²) in [5.74, 6) is -0.00469. The Labute approximate surface area is 165 Å². The number of benzene rings is 1. The largest absolute Gasteiger partial charge is 0.339 e. The molecule has 6 heteroatoms. The Morgan fingerprint density at radius 3 is 2.56 bits per heavy atom. The maximum atomic E-state index is 12.5. The molecule has 0 aliphatic carbocycles. The molecule has 2 amide bonds. The minimum Gasteiger partial charge on any atom is -0.339 e. The first-order valence-electron chi connectivity index (χ1n) is 9.53. The first kappa shape index (κ1) is 19.6. The number of hydrogen-bond donors (Lipinski definition) is 1. The molecule has 3 rings (SSSR count). The second kappa shape index (κ2) is 8.67. The van der Waals surface area contributed by atoms with E-state index in [1.165, 1.54) is 10.4 Å². The smallest absolute Gasteiger partial charge is 0.253 e. The summed E-state index contributed by atoms with van der Waals surface area (Å²) in [6, 6.07) is 9.57. The highest BCUT2D eigenvalue weighted by atomic mass is 32.1. The van der Waals surface area contributed by atoms with Crippen molar-refractivity contribution >= 4 is 28.8 Å². The molecule has 0 radical (unpaired) electrons. The lowest BCUT2D eigenvalue weighted by molar-refractivity contribution is -0.117. The SMILES string of the molecule is CCN(CC)C(=O)c1ccc(NC(=O)CN2CCc3sccc3[C@@H]2C)cc1. The Morgan fingerprint density at radius 1 is 1.19 bits per heavy atom. The van der Waals surface area contributed by atoms with Crippen molar-refractivity contribution in [1.82, 2.24) is 9.80 Å². The van der Waals surface area contributed by atoms with Crippen molar-refractivity contribution in [2.24, 2.45) is 0 Å². The molecule has 2 aromatic rings. The van der Waals surface area contributed by atoms with E-state index in [0.717, 1.165) is 18.7 Å². The number of anilines is 1. The summed E-state index contributed by atoms with van der Waals surface area (Å²) in [4.78, 5) is 30.3. The third-order valence-electron chi connectivity index (χ3n) is 5.22. The van der Waals surface area contributed by atoms with Crippen LogP contribution in [0.15, 0.2) is 35.7 Å². The Kier molecular flexibility index (Phi) is 6.29. The molecule has 1 aromatic heterocycles. The first-order chi connectivity index (χ1) is 13.0. The minimum atomic E-state index is -0.0247. The average Bonchev–Trinajstić information content (AvgIpc) is 3.15. The molecule has 1 aliphatic rings. The van der Waals surface area contributed by atoms with E-state index in [2.05, 4.69) is 28.6 Å². The molecule has 0 bridgehead atoms. The predicted octanol–water partition coefficient (Wildman–Crippen LogP) is 3.79. The van der Waals surface area contributed by atoms with Gasteiger partial charge in [-0.2, -0.15) is 0 Å². The number of hydrogen-bond acceptors (Lipinski definition) is 4. The normalized spacial score (nSPS) is 16.6. The molecule has 144 valence electrons. The lowest BCUT2D eigenvalue weighted by Gasteiger charge is -2.32. The van der Waals surface area contributed by atoms with Gasteiger partial charge in [0, 0.05) is 41.8 Å². The van der Waals surface area contributed by atoms with Crippen LogP contribution in [0.3, 0.4) is 0 Å². The molecule has 0 saturated carbocycles. The number of nitrogens with zero attached hydrogens (tertiary/aromatic N) is 2. The molecule has 2 heterocycles. The fourth-order valence-corrected chi connectivity index (χ4v) is 4.51. The van der Waals surface area contributed by atoms with Crippen LogP contribution in [-0.4, -0.2) is 47.8 Å². The maximum Gasteiger partial charge on any atom is 0.253 e. The zero-order valence-corrected chi connectivity index (χ0v) is 17.0. The average molecular weight is 386 g/mol. The molecule has 0 unspecified atom stereocenters. The molecule has 0 spiro atoms. The molecule has 1 N–H and O–H groups in total. The van der Waals surface area contributed by atoms with Crippen molar-refractivity contribution in [3.63, 3.8) is 0 Å². The van der Waals surface area contributed by atoms with Crippen molar-refractivity contribution in [3.05, 3.63) is 51.7 Å². The van der Waals surface area contributed by atoms with Crippen molar-refractivity contribution in [2.45, 2.75) is 33.2 Å². The van der Waals surface area contributed by atoms with Gasteiger partial charge >= 0.3 is 0 Å². The summed E-state index contributed by atoms with van der Waals surface area (Å²) < 4.78 is 0. The Bertz CT molecular complexity index is 796. The molecule has 0 fully saturated rings. The minimum absolute atomic E-state index is 0.0200. The van der Waals surface area contributed by atoms with Crippen LogP contribution in [0.4, 0.5) is 5.69 Å². The van der Waals surface area contributed by atoms with E-state index < -0.39 is 0 Å². The van der Waals surface area contributed by atoms with Crippen molar-refractivity contribution in [3.8, 4) is 0 Å². The Morgan fingerprint density at radius 2 is 1.89 bits per heavy atom. The fourth-order valence-electron chi connectivity index (χ4n) is 3.55. The van der Waals surface area contributed by atoms with E-state index in [9.17, 15) is 9.59 Å². The summed E-state index contributed by atoms with van der Waals surface area (Å²) in [6.07, 6.45) is 1.01. The van der Waals surface area contributed by atoms with Gasteiger partial charge in [-0.3, -0.25) is 14.5 Å². The van der Waals surface area contributed by atoms with Crippen molar-refractivity contribution in [1.29, 1.82) is 0 Å². The number of rotatable bonds is 6. The fraction of sp³-hybridized carbons (Fsp3) is 0.429. The van der Waals surface area contributed by atoms with Crippen LogP contribution in [-0.2, 0) is 11.2 Å². The van der Waals surface area contributed by atoms with E-state index in [1.54, 1.807) is 40.5 Å². The van der Waals surface area contributed by atoms with Gasteiger partial charge in [-0.15, -0.1) is 11.3 Å². The summed E-state index contributed by atoms with van der Waals surface area (Å²) in [7, 11) is 0. The molecule has 5 nitrogen and oxygen atoms in total. The Hall–Kier alpha value is -2.18. The molecule has 1 aliphatic heterocycles. The second-order valence-corrected chi connectivity index (χ2v) is 7.80. The van der Waals surface area contributed by atoms with Gasteiger partial charge in [-0.25, -0.2) is 0 Å². The number of carbonyl (C=O) groups excluding carboxylic acids is 2. The zero-order chi connectivity index (χ0) is 19.4. The second-order valence-electron chi connectivity index (χ2n) is 6.80. The van der Waals surface area contributed by atoms with Crippen LogP contribution in [0, 0.1) is 0 Å². The van der Waals surface area contributed by atoms with Gasteiger partial charge in [0.1, 0.15) is 0 Å². The Balaban J connectivity index is 1.58. The van der Waals surface area contributed by atoms with Gasteiger partial charge in [0.25, 0.3) is 5.91 Å². The number of carbonyl (C=O) groups is 2. The number of amides is 2. The van der Waals surface area contributed by atoms with Gasteiger partial charge in [-0.1, -0.05) is 0 Å². The third kappa shape index (κ3) is 4.39. The first-order valence-corrected chi connectivity index (χ1v) is 10.4. The highest BCUT2D eigenvalue weighted by Gasteiger charge is 2.26. The molecular weight excluding hydrogens is 358 g/mol. The van der Waals surface area contributed by atoms with Crippen molar-refractivity contribution in [2.75, 3.05) is 31.5 Å². The van der Waals surface area contributed by atoms with Gasteiger partial charge in [-0.05, 0) is 68.5 Å². The number of nitrogens with one attached hydrogen (secondary N) is 1. The number of fused-ring (bicyclic) bond motifs is 1. The van der Waals surface area contributed by atoms with Crippen LogP contribution in [0.25, 0.3) is 0 Å². The van der Waals surface area contributed by atoms with Gasteiger partial charge in [0.2, 0.25) is 5.91 Å². The molecule has 1 aromatic carbocycles. The third-order valence-corrected chi connectivity index (χ3v) is 6.21. The topological polar surface area (TPSA) is 52.7 Å². The lowest BCUT2D eigenvalue weighted by Crippen LogP contribution is -2.39. The van der Waals surface area contributed by atoms with Crippen molar-refractivity contribution < 1.29 is 9.59 Å². The van der Waals surface area contributed by atoms with Crippen LogP contribution >= 0.6 is 11.3 Å². The van der Waals surface area contributed by atoms with Gasteiger partial charge in [0.05, 0.1) is 6.54 Å². The summed E-state index contributed by atoms with van der Waals surface area (Å²) >= 11 is 1.80. The van der Waals surface area contributed by atoms with E-state index >= 15 is 0 Å². The molecular formula is C21H27N3O2S. The van der Waals surface area contributed by atoms with Crippen LogP contribution in [0.1, 0.15) is 47.6 Å². The number of thiophene rings is 1. The standard InChI is InChI=1S/C21H27N3O2S/c1-4-23(5-2)21(26)16-6-8-17(9-7-16)22-20(25)14-24-12-10-19-18(15(24)3)11-13-27-19/h6-9,11,13,15H,4-5,10,12,14H2,1-3H3,(H,22,25)/t15-/m0/s1. The molecule has 0 saturated heterocycles. The lowest BCUT2D eigenvalue weighted by atomic mass is 10.0. The van der Waals surface area contributed by atoms with E-state index in [0.29, 0.717) is 25.2 Å². The summed E-state index contributed by atoms with van der Waals surface area (Å²) in [6.45, 7) is 8.75.